The van der Waals surface area contributed by atoms with Crippen molar-refractivity contribution in [1.82, 2.24) is 9.97 Å². The van der Waals surface area contributed by atoms with Gasteiger partial charge in [0.05, 0.1) is 5.69 Å². The van der Waals surface area contributed by atoms with Crippen molar-refractivity contribution in [2.75, 3.05) is 0 Å². The van der Waals surface area contributed by atoms with Crippen molar-refractivity contribution in [2.24, 2.45) is 0 Å². The Labute approximate surface area is 148 Å². The summed E-state index contributed by atoms with van der Waals surface area (Å²) in [5.74, 6) is 1.14. The minimum Gasteiger partial charge on any atom is -0.233 e. The van der Waals surface area contributed by atoms with Gasteiger partial charge in [0.2, 0.25) is 0 Å². The zero-order chi connectivity index (χ0) is 17.2. The zero-order valence-electron chi connectivity index (χ0n) is 14.5. The van der Waals surface area contributed by atoms with Crippen LogP contribution in [0.2, 0.25) is 0 Å². The molecule has 0 amide bonds. The predicted octanol–water partition coefficient (Wildman–Crippen LogP) is 6.09. The molecule has 0 aliphatic rings. The number of hydrogen-bond donors (Lipinski definition) is 0. The summed E-state index contributed by atoms with van der Waals surface area (Å²) in [6.07, 6.45) is 0. The lowest BCUT2D eigenvalue weighted by Crippen LogP contribution is -2.00. The summed E-state index contributed by atoms with van der Waals surface area (Å²) < 4.78 is 0. The average Bonchev–Trinajstić information content (AvgIpc) is 2.68. The van der Waals surface area contributed by atoms with Crippen LogP contribution in [0.4, 0.5) is 0 Å². The van der Waals surface area contributed by atoms with Crippen molar-refractivity contribution < 1.29 is 0 Å². The summed E-state index contributed by atoms with van der Waals surface area (Å²) in [6.45, 7) is 4.34. The zero-order valence-corrected chi connectivity index (χ0v) is 14.5. The maximum Gasteiger partial charge on any atom is 0.160 e. The molecular weight excluding hydrogens is 304 g/mol. The van der Waals surface area contributed by atoms with Gasteiger partial charge in [0.25, 0.3) is 0 Å². The molecule has 0 atom stereocenters. The first kappa shape index (κ1) is 15.5. The molecule has 4 rings (SSSR count). The molecule has 0 saturated heterocycles. The monoisotopic (exact) mass is 324 g/mol. The highest BCUT2D eigenvalue weighted by Gasteiger charge is 2.11. The van der Waals surface area contributed by atoms with E-state index < -0.39 is 0 Å². The second kappa shape index (κ2) is 6.48. The van der Waals surface area contributed by atoms with Crippen LogP contribution in [0.25, 0.3) is 33.4 Å². The molecule has 2 heteroatoms. The van der Waals surface area contributed by atoms with Crippen LogP contribution in [0.15, 0.2) is 78.9 Å². The fourth-order valence-electron chi connectivity index (χ4n) is 2.97. The second-order valence-corrected chi connectivity index (χ2v) is 6.58. The molecule has 2 nitrogen and oxygen atoms in total. The standard InChI is InChI=1S/C23H20N2/c1-16(2)21-15-22(25-23(24-21)18-9-4-3-5-10-18)20-13-12-17-8-6-7-11-19(17)14-20/h3-16H,1-2H3. The van der Waals surface area contributed by atoms with Crippen LogP contribution < -0.4 is 0 Å². The third-order valence-corrected chi connectivity index (χ3v) is 4.41. The molecule has 25 heavy (non-hydrogen) atoms. The summed E-state index contributed by atoms with van der Waals surface area (Å²) in [5, 5.41) is 2.47. The average molecular weight is 324 g/mol. The van der Waals surface area contributed by atoms with Gasteiger partial charge in [0.1, 0.15) is 0 Å². The highest BCUT2D eigenvalue weighted by molar-refractivity contribution is 5.86. The highest BCUT2D eigenvalue weighted by atomic mass is 14.9. The van der Waals surface area contributed by atoms with Crippen molar-refractivity contribution in [3.8, 4) is 22.6 Å². The number of rotatable bonds is 3. The van der Waals surface area contributed by atoms with E-state index in [-0.39, 0.29) is 0 Å². The molecule has 0 N–H and O–H groups in total. The molecule has 0 spiro atoms. The molecule has 0 saturated carbocycles. The van der Waals surface area contributed by atoms with E-state index in [4.69, 9.17) is 9.97 Å². The maximum atomic E-state index is 4.85. The molecule has 1 aromatic heterocycles. The number of aromatic nitrogens is 2. The summed E-state index contributed by atoms with van der Waals surface area (Å²) in [6, 6.07) is 27.2. The van der Waals surface area contributed by atoms with Crippen LogP contribution in [-0.4, -0.2) is 9.97 Å². The number of nitrogens with zero attached hydrogens (tertiary/aromatic N) is 2. The van der Waals surface area contributed by atoms with E-state index in [2.05, 4.69) is 74.5 Å². The van der Waals surface area contributed by atoms with Crippen molar-refractivity contribution in [1.29, 1.82) is 0 Å². The summed E-state index contributed by atoms with van der Waals surface area (Å²) in [5.41, 5.74) is 4.22. The Morgan fingerprint density at radius 3 is 2.12 bits per heavy atom. The van der Waals surface area contributed by atoms with Crippen LogP contribution in [-0.2, 0) is 0 Å². The summed E-state index contributed by atoms with van der Waals surface area (Å²) >= 11 is 0. The lowest BCUT2D eigenvalue weighted by Gasteiger charge is -2.11. The van der Waals surface area contributed by atoms with Gasteiger partial charge < -0.3 is 0 Å². The predicted molar refractivity (Wildman–Crippen MR) is 104 cm³/mol. The van der Waals surface area contributed by atoms with Crippen LogP contribution in [0, 0.1) is 0 Å². The molecule has 0 fully saturated rings. The van der Waals surface area contributed by atoms with E-state index in [1.807, 2.05) is 18.2 Å². The normalized spacial score (nSPS) is 11.2. The van der Waals surface area contributed by atoms with Gasteiger partial charge >= 0.3 is 0 Å². The van der Waals surface area contributed by atoms with Gasteiger partial charge in [-0.25, -0.2) is 9.97 Å². The second-order valence-electron chi connectivity index (χ2n) is 6.58. The molecular formula is C23H20N2. The van der Waals surface area contributed by atoms with Crippen LogP contribution >= 0.6 is 0 Å². The van der Waals surface area contributed by atoms with E-state index >= 15 is 0 Å². The highest BCUT2D eigenvalue weighted by Crippen LogP contribution is 2.27. The quantitative estimate of drug-likeness (QED) is 0.456. The third-order valence-electron chi connectivity index (χ3n) is 4.41. The minimum atomic E-state index is 0.352. The van der Waals surface area contributed by atoms with Crippen LogP contribution in [0.3, 0.4) is 0 Å². The first-order valence-electron chi connectivity index (χ1n) is 8.64. The number of benzene rings is 3. The van der Waals surface area contributed by atoms with E-state index in [0.29, 0.717) is 5.92 Å². The van der Waals surface area contributed by atoms with E-state index in [0.717, 1.165) is 28.3 Å². The first-order chi connectivity index (χ1) is 12.2. The molecule has 122 valence electrons. The molecule has 0 aliphatic heterocycles. The Morgan fingerprint density at radius 2 is 1.36 bits per heavy atom. The third kappa shape index (κ3) is 3.16. The summed E-state index contributed by atoms with van der Waals surface area (Å²) in [4.78, 5) is 9.63. The Morgan fingerprint density at radius 1 is 0.640 bits per heavy atom. The molecule has 0 aliphatic carbocycles. The van der Waals surface area contributed by atoms with Crippen molar-refractivity contribution in [3.05, 3.63) is 84.6 Å². The Bertz CT molecular complexity index is 1020. The van der Waals surface area contributed by atoms with Gasteiger partial charge in [-0.05, 0) is 28.8 Å². The molecule has 0 bridgehead atoms. The molecule has 0 radical (unpaired) electrons. The van der Waals surface area contributed by atoms with Gasteiger partial charge in [0.15, 0.2) is 5.82 Å². The fraction of sp³-hybridized carbons (Fsp3) is 0.130. The fourth-order valence-corrected chi connectivity index (χ4v) is 2.97. The smallest absolute Gasteiger partial charge is 0.160 e. The molecule has 3 aromatic carbocycles. The number of fused-ring (bicyclic) bond motifs is 1. The van der Waals surface area contributed by atoms with E-state index in [9.17, 15) is 0 Å². The minimum absolute atomic E-state index is 0.352. The van der Waals surface area contributed by atoms with Crippen molar-refractivity contribution in [3.63, 3.8) is 0 Å². The Hall–Kier alpha value is -3.00. The van der Waals surface area contributed by atoms with Gasteiger partial charge in [-0.3, -0.25) is 0 Å². The van der Waals surface area contributed by atoms with Gasteiger partial charge in [-0.15, -0.1) is 0 Å². The summed E-state index contributed by atoms with van der Waals surface area (Å²) in [7, 11) is 0. The molecule has 1 heterocycles. The Balaban J connectivity index is 1.89. The van der Waals surface area contributed by atoms with Gasteiger partial charge in [0, 0.05) is 16.8 Å². The van der Waals surface area contributed by atoms with Gasteiger partial charge in [-0.2, -0.15) is 0 Å². The lowest BCUT2D eigenvalue weighted by atomic mass is 10.0. The van der Waals surface area contributed by atoms with Gasteiger partial charge in [-0.1, -0.05) is 80.6 Å². The SMILES string of the molecule is CC(C)c1cc(-c2ccc3ccccc3c2)nc(-c2ccccc2)n1. The van der Waals surface area contributed by atoms with Crippen LogP contribution in [0.1, 0.15) is 25.5 Å². The number of hydrogen-bond acceptors (Lipinski definition) is 2. The topological polar surface area (TPSA) is 25.8 Å². The van der Waals surface area contributed by atoms with E-state index in [1.165, 1.54) is 10.8 Å². The Kier molecular flexibility index (Phi) is 4.02. The molecule has 0 unspecified atom stereocenters. The van der Waals surface area contributed by atoms with Crippen molar-refractivity contribution >= 4 is 10.8 Å². The largest absolute Gasteiger partial charge is 0.233 e. The van der Waals surface area contributed by atoms with Crippen molar-refractivity contribution in [2.45, 2.75) is 19.8 Å². The lowest BCUT2D eigenvalue weighted by molar-refractivity contribution is 0.818. The first-order valence-corrected chi connectivity index (χ1v) is 8.64. The maximum absolute atomic E-state index is 4.85. The molecule has 4 aromatic rings. The van der Waals surface area contributed by atoms with Crippen LogP contribution in [0.5, 0.6) is 0 Å². The van der Waals surface area contributed by atoms with E-state index in [1.54, 1.807) is 0 Å².